The third kappa shape index (κ3) is 5.42. The standard InChI is InChI=1S/C13H21NO5/c1-13(16,4-5-17-2)9-14-7-11-6-10(8-19-11)12(15)18-3/h6,8,14,16H,4-5,7,9H2,1-3H3. The second-order valence-electron chi connectivity index (χ2n) is 4.64. The van der Waals surface area contributed by atoms with Crippen LogP contribution in [0.25, 0.3) is 0 Å². The number of carbonyl (C=O) groups is 1. The molecule has 0 saturated heterocycles. The van der Waals surface area contributed by atoms with Crippen LogP contribution < -0.4 is 5.32 Å². The summed E-state index contributed by atoms with van der Waals surface area (Å²) in [6.07, 6.45) is 1.90. The molecule has 0 bridgehead atoms. The summed E-state index contributed by atoms with van der Waals surface area (Å²) >= 11 is 0. The maximum absolute atomic E-state index is 11.2. The number of ether oxygens (including phenoxy) is 2. The lowest BCUT2D eigenvalue weighted by molar-refractivity contribution is 0.0244. The van der Waals surface area contributed by atoms with E-state index in [9.17, 15) is 9.90 Å². The third-order valence-corrected chi connectivity index (χ3v) is 2.72. The van der Waals surface area contributed by atoms with Gasteiger partial charge in [-0.2, -0.15) is 0 Å². The molecule has 2 N–H and O–H groups in total. The van der Waals surface area contributed by atoms with Crippen molar-refractivity contribution in [1.29, 1.82) is 0 Å². The van der Waals surface area contributed by atoms with Gasteiger partial charge in [0.25, 0.3) is 0 Å². The quantitative estimate of drug-likeness (QED) is 0.685. The van der Waals surface area contributed by atoms with E-state index in [1.165, 1.54) is 13.4 Å². The van der Waals surface area contributed by atoms with Crippen LogP contribution >= 0.6 is 0 Å². The molecule has 6 nitrogen and oxygen atoms in total. The molecule has 0 spiro atoms. The van der Waals surface area contributed by atoms with Gasteiger partial charge in [0.05, 0.1) is 24.8 Å². The molecule has 108 valence electrons. The lowest BCUT2D eigenvalue weighted by Crippen LogP contribution is -2.38. The zero-order valence-corrected chi connectivity index (χ0v) is 11.6. The number of furan rings is 1. The van der Waals surface area contributed by atoms with Crippen molar-refractivity contribution in [2.24, 2.45) is 0 Å². The van der Waals surface area contributed by atoms with Gasteiger partial charge >= 0.3 is 5.97 Å². The van der Waals surface area contributed by atoms with E-state index in [4.69, 9.17) is 9.15 Å². The second kappa shape index (κ2) is 7.28. The van der Waals surface area contributed by atoms with Crippen molar-refractivity contribution < 1.29 is 23.8 Å². The van der Waals surface area contributed by atoms with Crippen LogP contribution in [0.4, 0.5) is 0 Å². The van der Waals surface area contributed by atoms with Crippen LogP contribution in [0.2, 0.25) is 0 Å². The van der Waals surface area contributed by atoms with Gasteiger partial charge in [-0.05, 0) is 13.0 Å². The van der Waals surface area contributed by atoms with Gasteiger partial charge in [0.15, 0.2) is 0 Å². The van der Waals surface area contributed by atoms with Crippen molar-refractivity contribution in [1.82, 2.24) is 5.32 Å². The molecule has 1 aromatic heterocycles. The highest BCUT2D eigenvalue weighted by Gasteiger charge is 2.19. The van der Waals surface area contributed by atoms with Gasteiger partial charge in [-0.1, -0.05) is 0 Å². The predicted octanol–water partition coefficient (Wildman–Crippen LogP) is 0.943. The van der Waals surface area contributed by atoms with Crippen molar-refractivity contribution in [3.05, 3.63) is 23.7 Å². The van der Waals surface area contributed by atoms with Gasteiger partial charge in [-0.15, -0.1) is 0 Å². The van der Waals surface area contributed by atoms with Gasteiger partial charge in [0.2, 0.25) is 0 Å². The number of nitrogens with one attached hydrogen (secondary N) is 1. The minimum Gasteiger partial charge on any atom is -0.467 e. The van der Waals surface area contributed by atoms with Crippen LogP contribution in [0.5, 0.6) is 0 Å². The molecular weight excluding hydrogens is 250 g/mol. The molecule has 0 fully saturated rings. The van der Waals surface area contributed by atoms with E-state index >= 15 is 0 Å². The Morgan fingerprint density at radius 2 is 2.26 bits per heavy atom. The maximum Gasteiger partial charge on any atom is 0.341 e. The van der Waals surface area contributed by atoms with Gasteiger partial charge < -0.3 is 24.3 Å². The lowest BCUT2D eigenvalue weighted by atomic mass is 10.0. The van der Waals surface area contributed by atoms with Gasteiger partial charge in [-0.3, -0.25) is 0 Å². The zero-order chi connectivity index (χ0) is 14.3. The Hall–Kier alpha value is -1.37. The average molecular weight is 271 g/mol. The van der Waals surface area contributed by atoms with Crippen LogP contribution in [0, 0.1) is 0 Å². The fraction of sp³-hybridized carbons (Fsp3) is 0.615. The normalized spacial score (nSPS) is 14.1. The van der Waals surface area contributed by atoms with E-state index in [2.05, 4.69) is 10.1 Å². The van der Waals surface area contributed by atoms with Crippen LogP contribution in [0.1, 0.15) is 29.5 Å². The van der Waals surface area contributed by atoms with Crippen molar-refractivity contribution in [2.75, 3.05) is 27.4 Å². The topological polar surface area (TPSA) is 80.9 Å². The molecule has 6 heteroatoms. The van der Waals surface area contributed by atoms with Crippen LogP contribution in [0.3, 0.4) is 0 Å². The van der Waals surface area contributed by atoms with Crippen LogP contribution in [0.15, 0.2) is 16.7 Å². The molecule has 0 amide bonds. The Morgan fingerprint density at radius 1 is 1.53 bits per heavy atom. The SMILES string of the molecule is COCCC(C)(O)CNCc1cc(C(=O)OC)co1. The van der Waals surface area contributed by atoms with Crippen molar-refractivity contribution >= 4 is 5.97 Å². The molecule has 1 aromatic rings. The Bertz CT molecular complexity index is 399. The molecule has 0 saturated carbocycles. The summed E-state index contributed by atoms with van der Waals surface area (Å²) in [6, 6.07) is 1.61. The molecule has 19 heavy (non-hydrogen) atoms. The van der Waals surface area contributed by atoms with E-state index in [0.717, 1.165) is 0 Å². The first-order chi connectivity index (χ1) is 8.98. The van der Waals surface area contributed by atoms with Gasteiger partial charge in [0.1, 0.15) is 12.0 Å². The average Bonchev–Trinajstić information content (AvgIpc) is 2.84. The summed E-state index contributed by atoms with van der Waals surface area (Å²) in [4.78, 5) is 11.2. The Labute approximate surface area is 112 Å². The highest BCUT2D eigenvalue weighted by Crippen LogP contribution is 2.11. The first-order valence-corrected chi connectivity index (χ1v) is 6.06. The predicted molar refractivity (Wildman–Crippen MR) is 68.9 cm³/mol. The number of hydrogen-bond acceptors (Lipinski definition) is 6. The number of carbonyl (C=O) groups excluding carboxylic acids is 1. The van der Waals surface area contributed by atoms with Crippen LogP contribution in [-0.2, 0) is 16.0 Å². The van der Waals surface area contributed by atoms with E-state index in [-0.39, 0.29) is 0 Å². The first kappa shape index (κ1) is 15.7. The Kier molecular flexibility index (Phi) is 6.01. The summed E-state index contributed by atoms with van der Waals surface area (Å²) in [7, 11) is 2.92. The monoisotopic (exact) mass is 271 g/mol. The molecule has 1 unspecified atom stereocenters. The second-order valence-corrected chi connectivity index (χ2v) is 4.64. The summed E-state index contributed by atoms with van der Waals surface area (Å²) in [5.74, 6) is 0.185. The first-order valence-electron chi connectivity index (χ1n) is 6.06. The smallest absolute Gasteiger partial charge is 0.341 e. The summed E-state index contributed by atoms with van der Waals surface area (Å²) in [6.45, 7) is 3.08. The zero-order valence-electron chi connectivity index (χ0n) is 11.6. The van der Waals surface area contributed by atoms with Crippen molar-refractivity contribution in [2.45, 2.75) is 25.5 Å². The summed E-state index contributed by atoms with van der Waals surface area (Å²) < 4.78 is 14.7. The minimum atomic E-state index is -0.840. The number of rotatable bonds is 8. The van der Waals surface area contributed by atoms with E-state index in [0.29, 0.717) is 37.4 Å². The van der Waals surface area contributed by atoms with Crippen LogP contribution in [-0.4, -0.2) is 44.0 Å². The van der Waals surface area contributed by atoms with Crippen molar-refractivity contribution in [3.63, 3.8) is 0 Å². The summed E-state index contributed by atoms with van der Waals surface area (Å²) in [5, 5.41) is 13.1. The molecule has 0 aliphatic carbocycles. The molecule has 0 aromatic carbocycles. The minimum absolute atomic E-state index is 0.380. The molecule has 0 aliphatic rings. The highest BCUT2D eigenvalue weighted by molar-refractivity contribution is 5.88. The Balaban J connectivity index is 2.36. The third-order valence-electron chi connectivity index (χ3n) is 2.72. The highest BCUT2D eigenvalue weighted by atomic mass is 16.5. The molecule has 0 radical (unpaired) electrons. The molecule has 0 aliphatic heterocycles. The Morgan fingerprint density at radius 3 is 2.89 bits per heavy atom. The fourth-order valence-electron chi connectivity index (χ4n) is 1.56. The number of esters is 1. The molecule has 1 atom stereocenters. The van der Waals surface area contributed by atoms with E-state index in [1.54, 1.807) is 20.1 Å². The lowest BCUT2D eigenvalue weighted by Gasteiger charge is -2.22. The molecule has 1 rings (SSSR count). The maximum atomic E-state index is 11.2. The van der Waals surface area contributed by atoms with Crippen molar-refractivity contribution in [3.8, 4) is 0 Å². The number of hydrogen-bond donors (Lipinski definition) is 2. The molecule has 1 heterocycles. The molecular formula is C13H21NO5. The van der Waals surface area contributed by atoms with Gasteiger partial charge in [0, 0.05) is 26.7 Å². The van der Waals surface area contributed by atoms with E-state index < -0.39 is 11.6 Å². The largest absolute Gasteiger partial charge is 0.467 e. The number of aliphatic hydroxyl groups is 1. The fourth-order valence-corrected chi connectivity index (χ4v) is 1.56. The van der Waals surface area contributed by atoms with E-state index in [1.807, 2.05) is 0 Å². The van der Waals surface area contributed by atoms with Gasteiger partial charge in [-0.25, -0.2) is 4.79 Å². The number of methoxy groups -OCH3 is 2. The summed E-state index contributed by atoms with van der Waals surface area (Å²) in [5.41, 5.74) is -0.459.